The van der Waals surface area contributed by atoms with E-state index in [-0.39, 0.29) is 5.22 Å². The summed E-state index contributed by atoms with van der Waals surface area (Å²) in [6.07, 6.45) is 6.59. The number of rotatable bonds is 2. The van der Waals surface area contributed by atoms with Gasteiger partial charge in [0.25, 0.3) is 0 Å². The number of epoxide rings is 1. The maximum atomic E-state index is 10.2. The molecule has 0 aromatic heterocycles. The van der Waals surface area contributed by atoms with E-state index in [0.29, 0.717) is 5.92 Å². The van der Waals surface area contributed by atoms with Crippen molar-refractivity contribution in [3.8, 4) is 0 Å². The van der Waals surface area contributed by atoms with Crippen LogP contribution in [-0.2, 0) is 4.74 Å². The van der Waals surface area contributed by atoms with Gasteiger partial charge in [-0.2, -0.15) is 0 Å². The fourth-order valence-electron chi connectivity index (χ4n) is 2.74. The van der Waals surface area contributed by atoms with Crippen molar-refractivity contribution in [1.82, 2.24) is 0 Å². The van der Waals surface area contributed by atoms with Gasteiger partial charge in [-0.1, -0.05) is 19.3 Å². The van der Waals surface area contributed by atoms with Crippen molar-refractivity contribution in [2.24, 2.45) is 5.92 Å². The summed E-state index contributed by atoms with van der Waals surface area (Å²) in [7, 11) is -2.08. The third-order valence-electron chi connectivity index (χ3n) is 3.76. The van der Waals surface area contributed by atoms with Crippen LogP contribution in [0.25, 0.3) is 0 Å². The molecule has 0 spiro atoms. The molecule has 3 heteroatoms. The molecule has 2 fully saturated rings. The monoisotopic (exact) mass is 200 g/mol. The Bertz CT molecular complexity index is 188. The lowest BCUT2D eigenvalue weighted by molar-refractivity contribution is 0.212. The average molecular weight is 200 g/mol. The topological polar surface area (TPSA) is 32.8 Å². The second-order valence-corrected chi connectivity index (χ2v) is 9.04. The SMILES string of the molecule is C[Si](C)(O)C1(C2CCCCC2)CO1. The standard InChI is InChI=1S/C10H20O2Si/c1-13(2,11)10(8-12-10)9-6-4-3-5-7-9/h9,11H,3-8H2,1-2H3. The predicted octanol–water partition coefficient (Wildman–Crippen LogP) is 2.07. The highest BCUT2D eigenvalue weighted by molar-refractivity contribution is 6.73. The number of hydrogen-bond acceptors (Lipinski definition) is 2. The van der Waals surface area contributed by atoms with E-state index in [1.165, 1.54) is 32.1 Å². The lowest BCUT2D eigenvalue weighted by atomic mass is 9.87. The van der Waals surface area contributed by atoms with Gasteiger partial charge in [-0.25, -0.2) is 0 Å². The first-order chi connectivity index (χ1) is 6.06. The Kier molecular flexibility index (Phi) is 2.29. The summed E-state index contributed by atoms with van der Waals surface area (Å²) < 4.78 is 5.61. The molecule has 2 nitrogen and oxygen atoms in total. The molecule has 1 unspecified atom stereocenters. The minimum absolute atomic E-state index is 0.0482. The normalized spacial score (nSPS) is 36.2. The molecule has 0 aromatic rings. The summed E-state index contributed by atoms with van der Waals surface area (Å²) in [5.41, 5.74) is 0. The van der Waals surface area contributed by atoms with Gasteiger partial charge in [-0.05, 0) is 31.9 Å². The first-order valence-electron chi connectivity index (χ1n) is 5.43. The third-order valence-corrected chi connectivity index (χ3v) is 6.52. The summed E-state index contributed by atoms with van der Waals surface area (Å²) in [4.78, 5) is 10.2. The molecule has 1 aliphatic heterocycles. The molecule has 1 aliphatic carbocycles. The zero-order chi connectivity index (χ0) is 9.53. The Labute approximate surface area is 81.4 Å². The van der Waals surface area contributed by atoms with Gasteiger partial charge in [0, 0.05) is 0 Å². The number of hydrogen-bond donors (Lipinski definition) is 1. The fourth-order valence-corrected chi connectivity index (χ4v) is 4.80. The van der Waals surface area contributed by atoms with E-state index in [1.807, 2.05) is 13.1 Å². The molecule has 0 radical (unpaired) electrons. The van der Waals surface area contributed by atoms with Gasteiger partial charge >= 0.3 is 0 Å². The van der Waals surface area contributed by atoms with Crippen LogP contribution < -0.4 is 0 Å². The molecule has 0 bridgehead atoms. The molecule has 1 saturated carbocycles. The van der Waals surface area contributed by atoms with Crippen LogP contribution in [0.15, 0.2) is 0 Å². The maximum Gasteiger partial charge on any atom is 0.217 e. The second-order valence-electron chi connectivity index (χ2n) is 5.07. The van der Waals surface area contributed by atoms with Gasteiger partial charge < -0.3 is 9.53 Å². The molecule has 1 heterocycles. The quantitative estimate of drug-likeness (QED) is 0.547. The van der Waals surface area contributed by atoms with Crippen molar-refractivity contribution in [3.63, 3.8) is 0 Å². The van der Waals surface area contributed by atoms with Crippen molar-refractivity contribution in [2.75, 3.05) is 6.61 Å². The van der Waals surface area contributed by atoms with Crippen molar-refractivity contribution in [3.05, 3.63) is 0 Å². The van der Waals surface area contributed by atoms with E-state index in [1.54, 1.807) is 0 Å². The molecular formula is C10H20O2Si. The smallest absolute Gasteiger partial charge is 0.217 e. The van der Waals surface area contributed by atoms with Gasteiger partial charge in [0.05, 0.1) is 6.61 Å². The second kappa shape index (κ2) is 3.07. The molecule has 0 amide bonds. The minimum atomic E-state index is -2.08. The molecule has 2 rings (SSSR count). The van der Waals surface area contributed by atoms with E-state index in [4.69, 9.17) is 4.74 Å². The van der Waals surface area contributed by atoms with Gasteiger partial charge in [-0.3, -0.25) is 0 Å². The van der Waals surface area contributed by atoms with Crippen LogP contribution in [0.3, 0.4) is 0 Å². The van der Waals surface area contributed by atoms with E-state index < -0.39 is 8.32 Å². The van der Waals surface area contributed by atoms with Gasteiger partial charge in [0.1, 0.15) is 5.22 Å². The van der Waals surface area contributed by atoms with Crippen molar-refractivity contribution in [2.45, 2.75) is 50.4 Å². The first kappa shape index (κ1) is 9.68. The molecule has 13 heavy (non-hydrogen) atoms. The molecule has 0 aromatic carbocycles. The van der Waals surface area contributed by atoms with Gasteiger partial charge in [0.15, 0.2) is 0 Å². The summed E-state index contributed by atoms with van der Waals surface area (Å²) in [6.45, 7) is 4.87. The Morgan fingerprint density at radius 2 is 1.77 bits per heavy atom. The van der Waals surface area contributed by atoms with Gasteiger partial charge in [0.2, 0.25) is 8.32 Å². The average Bonchev–Trinajstić information content (AvgIpc) is 2.84. The zero-order valence-electron chi connectivity index (χ0n) is 8.68. The Morgan fingerprint density at radius 3 is 2.15 bits per heavy atom. The lowest BCUT2D eigenvalue weighted by Gasteiger charge is -2.33. The van der Waals surface area contributed by atoms with E-state index in [0.717, 1.165) is 6.61 Å². The lowest BCUT2D eigenvalue weighted by Crippen LogP contribution is -2.50. The van der Waals surface area contributed by atoms with Crippen LogP contribution in [-0.4, -0.2) is 24.9 Å². The zero-order valence-corrected chi connectivity index (χ0v) is 9.68. The molecular weight excluding hydrogens is 180 g/mol. The summed E-state index contributed by atoms with van der Waals surface area (Å²) in [6, 6.07) is 0. The van der Waals surface area contributed by atoms with Crippen molar-refractivity contribution < 1.29 is 9.53 Å². The predicted molar refractivity (Wildman–Crippen MR) is 55.0 cm³/mol. The highest BCUT2D eigenvalue weighted by Crippen LogP contribution is 2.48. The van der Waals surface area contributed by atoms with Crippen molar-refractivity contribution >= 4 is 8.32 Å². The highest BCUT2D eigenvalue weighted by Gasteiger charge is 2.62. The first-order valence-corrected chi connectivity index (χ1v) is 8.37. The van der Waals surface area contributed by atoms with Crippen molar-refractivity contribution in [1.29, 1.82) is 0 Å². The van der Waals surface area contributed by atoms with Crippen LogP contribution >= 0.6 is 0 Å². The minimum Gasteiger partial charge on any atom is -0.429 e. The van der Waals surface area contributed by atoms with Crippen LogP contribution in [0.2, 0.25) is 13.1 Å². The molecule has 1 atom stereocenters. The molecule has 1 N–H and O–H groups in total. The number of ether oxygens (including phenoxy) is 1. The van der Waals surface area contributed by atoms with Crippen LogP contribution in [0.1, 0.15) is 32.1 Å². The van der Waals surface area contributed by atoms with E-state index in [9.17, 15) is 4.80 Å². The summed E-state index contributed by atoms with van der Waals surface area (Å²) in [5, 5.41) is -0.0482. The van der Waals surface area contributed by atoms with Gasteiger partial charge in [-0.15, -0.1) is 0 Å². The molecule has 1 saturated heterocycles. The van der Waals surface area contributed by atoms with Crippen LogP contribution in [0, 0.1) is 5.92 Å². The van der Waals surface area contributed by atoms with Crippen LogP contribution in [0.5, 0.6) is 0 Å². The Morgan fingerprint density at radius 1 is 1.23 bits per heavy atom. The fraction of sp³-hybridized carbons (Fsp3) is 1.00. The highest BCUT2D eigenvalue weighted by atomic mass is 28.4. The maximum absolute atomic E-state index is 10.2. The van der Waals surface area contributed by atoms with Crippen LogP contribution in [0.4, 0.5) is 0 Å². The largest absolute Gasteiger partial charge is 0.429 e. The molecule has 2 aliphatic rings. The third kappa shape index (κ3) is 1.58. The van der Waals surface area contributed by atoms with E-state index >= 15 is 0 Å². The Balaban J connectivity index is 2.06. The van der Waals surface area contributed by atoms with E-state index in [2.05, 4.69) is 0 Å². The molecule has 76 valence electrons. The Hall–Kier alpha value is 0.137. The summed E-state index contributed by atoms with van der Waals surface area (Å²) in [5.74, 6) is 0.660. The summed E-state index contributed by atoms with van der Waals surface area (Å²) >= 11 is 0.